The van der Waals surface area contributed by atoms with Crippen molar-refractivity contribution in [1.82, 2.24) is 5.32 Å². The van der Waals surface area contributed by atoms with Gasteiger partial charge in [-0.25, -0.2) is 0 Å². The molecule has 5 heteroatoms. The SMILES string of the molecule is CC(C)Sc1cccc(Cl)c1CNC(CCC(=O)O)Cc1ccccc1. The molecule has 0 radical (unpaired) electrons. The van der Waals surface area contributed by atoms with Gasteiger partial charge < -0.3 is 10.4 Å². The first-order valence-electron chi connectivity index (χ1n) is 8.89. The summed E-state index contributed by atoms with van der Waals surface area (Å²) >= 11 is 8.23. The van der Waals surface area contributed by atoms with E-state index in [-0.39, 0.29) is 12.5 Å². The van der Waals surface area contributed by atoms with Crippen LogP contribution in [0.4, 0.5) is 0 Å². The third-order valence-corrected chi connectivity index (χ3v) is 5.50. The summed E-state index contributed by atoms with van der Waals surface area (Å²) in [6.45, 7) is 4.95. The largest absolute Gasteiger partial charge is 0.481 e. The van der Waals surface area contributed by atoms with E-state index in [2.05, 4.69) is 37.4 Å². The number of carboxylic acid groups (broad SMARTS) is 1. The highest BCUT2D eigenvalue weighted by atomic mass is 35.5. The van der Waals surface area contributed by atoms with Gasteiger partial charge in [0.25, 0.3) is 0 Å². The molecule has 0 saturated carbocycles. The molecule has 0 aliphatic carbocycles. The van der Waals surface area contributed by atoms with Crippen LogP contribution >= 0.6 is 23.4 Å². The Morgan fingerprint density at radius 3 is 2.54 bits per heavy atom. The first kappa shape index (κ1) is 20.8. The topological polar surface area (TPSA) is 49.3 Å². The van der Waals surface area contributed by atoms with Gasteiger partial charge in [0.05, 0.1) is 0 Å². The second-order valence-corrected chi connectivity index (χ2v) is 8.61. The highest BCUT2D eigenvalue weighted by Gasteiger charge is 2.15. The molecular weight excluding hydrogens is 366 g/mol. The third-order valence-electron chi connectivity index (χ3n) is 4.04. The monoisotopic (exact) mass is 391 g/mol. The summed E-state index contributed by atoms with van der Waals surface area (Å²) in [6.07, 6.45) is 1.53. The fraction of sp³-hybridized carbons (Fsp3) is 0.381. The molecule has 0 aliphatic rings. The van der Waals surface area contributed by atoms with Gasteiger partial charge in [0, 0.05) is 34.2 Å². The van der Waals surface area contributed by atoms with Crippen molar-refractivity contribution in [2.45, 2.75) is 55.8 Å². The van der Waals surface area contributed by atoms with Crippen LogP contribution in [0.1, 0.15) is 37.8 Å². The summed E-state index contributed by atoms with van der Waals surface area (Å²) in [4.78, 5) is 12.2. The number of rotatable bonds is 10. The third kappa shape index (κ3) is 7.02. The van der Waals surface area contributed by atoms with Crippen molar-refractivity contribution >= 4 is 29.3 Å². The average molecular weight is 392 g/mol. The van der Waals surface area contributed by atoms with Crippen LogP contribution in [-0.4, -0.2) is 22.4 Å². The van der Waals surface area contributed by atoms with E-state index >= 15 is 0 Å². The summed E-state index contributed by atoms with van der Waals surface area (Å²) in [7, 11) is 0. The standard InChI is InChI=1S/C21H26ClNO2S/c1-15(2)26-20-10-6-9-19(22)18(20)14-23-17(11-12-21(24)25)13-16-7-4-3-5-8-16/h3-10,15,17,23H,11-14H2,1-2H3,(H,24,25). The lowest BCUT2D eigenvalue weighted by molar-refractivity contribution is -0.137. The van der Waals surface area contributed by atoms with Crippen LogP contribution in [0.15, 0.2) is 53.4 Å². The van der Waals surface area contributed by atoms with Crippen LogP contribution in [0.3, 0.4) is 0 Å². The lowest BCUT2D eigenvalue weighted by atomic mass is 10.0. The number of benzene rings is 2. The van der Waals surface area contributed by atoms with E-state index in [1.807, 2.05) is 30.3 Å². The highest BCUT2D eigenvalue weighted by Crippen LogP contribution is 2.31. The summed E-state index contributed by atoms with van der Waals surface area (Å²) in [6, 6.07) is 16.2. The smallest absolute Gasteiger partial charge is 0.303 e. The van der Waals surface area contributed by atoms with Gasteiger partial charge in [-0.2, -0.15) is 0 Å². The predicted octanol–water partition coefficient (Wildman–Crippen LogP) is 5.41. The van der Waals surface area contributed by atoms with Gasteiger partial charge in [-0.15, -0.1) is 11.8 Å². The molecule has 2 rings (SSSR count). The minimum absolute atomic E-state index is 0.0849. The zero-order valence-electron chi connectivity index (χ0n) is 15.2. The quantitative estimate of drug-likeness (QED) is 0.532. The number of halogens is 1. The van der Waals surface area contributed by atoms with Gasteiger partial charge in [0.2, 0.25) is 0 Å². The van der Waals surface area contributed by atoms with Crippen molar-refractivity contribution in [3.8, 4) is 0 Å². The number of thioether (sulfide) groups is 1. The van der Waals surface area contributed by atoms with Gasteiger partial charge in [-0.3, -0.25) is 4.79 Å². The van der Waals surface area contributed by atoms with E-state index in [9.17, 15) is 4.79 Å². The maximum Gasteiger partial charge on any atom is 0.303 e. The number of hydrogen-bond acceptors (Lipinski definition) is 3. The molecular formula is C21H26ClNO2S. The molecule has 2 N–H and O–H groups in total. The Kier molecular flexibility index (Phi) is 8.49. The van der Waals surface area contributed by atoms with Crippen molar-refractivity contribution in [1.29, 1.82) is 0 Å². The molecule has 140 valence electrons. The Morgan fingerprint density at radius 2 is 1.88 bits per heavy atom. The fourth-order valence-electron chi connectivity index (χ4n) is 2.79. The lowest BCUT2D eigenvalue weighted by Gasteiger charge is -2.20. The predicted molar refractivity (Wildman–Crippen MR) is 110 cm³/mol. The van der Waals surface area contributed by atoms with Crippen LogP contribution < -0.4 is 5.32 Å². The van der Waals surface area contributed by atoms with Crippen LogP contribution in [0.2, 0.25) is 5.02 Å². The summed E-state index contributed by atoms with van der Waals surface area (Å²) in [5.41, 5.74) is 2.28. The first-order chi connectivity index (χ1) is 12.5. The Bertz CT molecular complexity index is 706. The molecule has 0 heterocycles. The highest BCUT2D eigenvalue weighted by molar-refractivity contribution is 8.00. The van der Waals surface area contributed by atoms with E-state index in [0.717, 1.165) is 17.0 Å². The second-order valence-electron chi connectivity index (χ2n) is 6.58. The van der Waals surface area contributed by atoms with E-state index < -0.39 is 5.97 Å². The molecule has 1 atom stereocenters. The first-order valence-corrected chi connectivity index (χ1v) is 10.1. The van der Waals surface area contributed by atoms with Crippen molar-refractivity contribution < 1.29 is 9.90 Å². The maximum absolute atomic E-state index is 11.0. The second kappa shape index (κ2) is 10.6. The Balaban J connectivity index is 2.09. The van der Waals surface area contributed by atoms with Crippen LogP contribution in [-0.2, 0) is 17.8 Å². The fourth-order valence-corrected chi connectivity index (χ4v) is 4.08. The van der Waals surface area contributed by atoms with Gasteiger partial charge in [0.1, 0.15) is 0 Å². The van der Waals surface area contributed by atoms with Crippen molar-refractivity contribution in [3.05, 3.63) is 64.7 Å². The lowest BCUT2D eigenvalue weighted by Crippen LogP contribution is -2.31. The number of aliphatic carboxylic acids is 1. The van der Waals surface area contributed by atoms with E-state index in [1.165, 1.54) is 10.5 Å². The summed E-state index contributed by atoms with van der Waals surface area (Å²) < 4.78 is 0. The molecule has 0 amide bonds. The Morgan fingerprint density at radius 1 is 1.15 bits per heavy atom. The van der Waals surface area contributed by atoms with Crippen molar-refractivity contribution in [3.63, 3.8) is 0 Å². The number of nitrogens with one attached hydrogen (secondary N) is 1. The van der Waals surface area contributed by atoms with Crippen molar-refractivity contribution in [2.75, 3.05) is 0 Å². The molecule has 2 aromatic carbocycles. The van der Waals surface area contributed by atoms with E-state index in [4.69, 9.17) is 16.7 Å². The van der Waals surface area contributed by atoms with Gasteiger partial charge >= 0.3 is 5.97 Å². The molecule has 0 aromatic heterocycles. The van der Waals surface area contributed by atoms with Gasteiger partial charge in [-0.05, 0) is 36.1 Å². The molecule has 0 spiro atoms. The number of carbonyl (C=O) groups is 1. The zero-order chi connectivity index (χ0) is 18.9. The van der Waals surface area contributed by atoms with Gasteiger partial charge in [0.15, 0.2) is 0 Å². The van der Waals surface area contributed by atoms with Crippen LogP contribution in [0.5, 0.6) is 0 Å². The van der Waals surface area contributed by atoms with Crippen LogP contribution in [0, 0.1) is 0 Å². The minimum Gasteiger partial charge on any atom is -0.481 e. The minimum atomic E-state index is -0.765. The summed E-state index contributed by atoms with van der Waals surface area (Å²) in [5.74, 6) is -0.765. The Hall–Kier alpha value is -1.49. The molecule has 0 saturated heterocycles. The molecule has 26 heavy (non-hydrogen) atoms. The molecule has 1 unspecified atom stereocenters. The Labute approximate surface area is 165 Å². The molecule has 0 fully saturated rings. The van der Waals surface area contributed by atoms with Crippen molar-refractivity contribution in [2.24, 2.45) is 0 Å². The zero-order valence-corrected chi connectivity index (χ0v) is 16.8. The summed E-state index contributed by atoms with van der Waals surface area (Å²) in [5, 5.41) is 13.8. The molecule has 0 bridgehead atoms. The van der Waals surface area contributed by atoms with Crippen LogP contribution in [0.25, 0.3) is 0 Å². The maximum atomic E-state index is 11.0. The average Bonchev–Trinajstić information content (AvgIpc) is 2.59. The number of hydrogen-bond donors (Lipinski definition) is 2. The van der Waals surface area contributed by atoms with E-state index in [1.54, 1.807) is 11.8 Å². The normalized spacial score (nSPS) is 12.3. The number of carboxylic acids is 1. The molecule has 2 aromatic rings. The molecule has 0 aliphatic heterocycles. The molecule has 3 nitrogen and oxygen atoms in total. The van der Waals surface area contributed by atoms with Gasteiger partial charge in [-0.1, -0.05) is 61.8 Å². The van der Waals surface area contributed by atoms with E-state index in [0.29, 0.717) is 18.2 Å².